The maximum absolute atomic E-state index is 12.1. The second kappa shape index (κ2) is 7.94. The van der Waals surface area contributed by atoms with E-state index in [-0.39, 0.29) is 23.8 Å². The van der Waals surface area contributed by atoms with Crippen molar-refractivity contribution in [1.82, 2.24) is 5.32 Å². The monoisotopic (exact) mass is 305 g/mol. The summed E-state index contributed by atoms with van der Waals surface area (Å²) in [5.41, 5.74) is 1.60. The Morgan fingerprint density at radius 1 is 1.14 bits per heavy atom. The molecule has 22 heavy (non-hydrogen) atoms. The standard InChI is InChI=1S/C17H23NO4/c1-3-21-16(19)13-7-5-12(6-8-13)14-9-10-18-11-15(14)17(20)22-4-2/h5-8,14-15,18H,3-4,9-11H2,1-2H3/t14?,15-/m1/s1. The Kier molecular flexibility index (Phi) is 5.95. The van der Waals surface area contributed by atoms with Crippen LogP contribution in [-0.2, 0) is 14.3 Å². The molecule has 0 amide bonds. The Morgan fingerprint density at radius 2 is 1.82 bits per heavy atom. The fourth-order valence-electron chi connectivity index (χ4n) is 2.84. The van der Waals surface area contributed by atoms with Crippen LogP contribution in [0.5, 0.6) is 0 Å². The van der Waals surface area contributed by atoms with Crippen LogP contribution in [0.3, 0.4) is 0 Å². The second-order valence-corrected chi connectivity index (χ2v) is 5.30. The third-order valence-corrected chi connectivity index (χ3v) is 3.92. The van der Waals surface area contributed by atoms with Gasteiger partial charge in [-0.1, -0.05) is 12.1 Å². The van der Waals surface area contributed by atoms with Crippen LogP contribution in [0.4, 0.5) is 0 Å². The average Bonchev–Trinajstić information content (AvgIpc) is 2.55. The Balaban J connectivity index is 2.14. The number of rotatable bonds is 5. The van der Waals surface area contributed by atoms with E-state index in [1.165, 1.54) is 0 Å². The first-order valence-corrected chi connectivity index (χ1v) is 7.81. The van der Waals surface area contributed by atoms with Crippen molar-refractivity contribution in [2.75, 3.05) is 26.3 Å². The van der Waals surface area contributed by atoms with Gasteiger partial charge in [0.05, 0.1) is 24.7 Å². The number of benzene rings is 1. The molecule has 1 aliphatic rings. The van der Waals surface area contributed by atoms with Crippen LogP contribution < -0.4 is 5.32 Å². The Hall–Kier alpha value is -1.88. The number of carbonyl (C=O) groups is 2. The number of hydrogen-bond donors (Lipinski definition) is 1. The number of hydrogen-bond acceptors (Lipinski definition) is 5. The highest BCUT2D eigenvalue weighted by molar-refractivity contribution is 5.89. The molecule has 0 aliphatic carbocycles. The molecule has 1 saturated heterocycles. The van der Waals surface area contributed by atoms with Gasteiger partial charge in [0.25, 0.3) is 0 Å². The van der Waals surface area contributed by atoms with Crippen LogP contribution in [0.15, 0.2) is 24.3 Å². The molecule has 5 heteroatoms. The normalized spacial score (nSPS) is 21.2. The van der Waals surface area contributed by atoms with E-state index in [1.807, 2.05) is 19.1 Å². The number of nitrogens with one attached hydrogen (secondary N) is 1. The van der Waals surface area contributed by atoms with E-state index in [1.54, 1.807) is 19.1 Å². The van der Waals surface area contributed by atoms with E-state index in [9.17, 15) is 9.59 Å². The lowest BCUT2D eigenvalue weighted by atomic mass is 9.81. The van der Waals surface area contributed by atoms with E-state index in [0.717, 1.165) is 18.5 Å². The molecular formula is C17H23NO4. The molecule has 1 aromatic rings. The molecule has 0 spiro atoms. The minimum atomic E-state index is -0.318. The summed E-state index contributed by atoms with van der Waals surface area (Å²) in [5, 5.41) is 3.25. The zero-order chi connectivity index (χ0) is 15.9. The number of piperidine rings is 1. The van der Waals surface area contributed by atoms with Crippen molar-refractivity contribution in [2.45, 2.75) is 26.2 Å². The van der Waals surface area contributed by atoms with Crippen molar-refractivity contribution in [3.8, 4) is 0 Å². The van der Waals surface area contributed by atoms with Crippen molar-refractivity contribution in [3.05, 3.63) is 35.4 Å². The fourth-order valence-corrected chi connectivity index (χ4v) is 2.84. The first-order chi connectivity index (χ1) is 10.7. The quantitative estimate of drug-likeness (QED) is 0.844. The van der Waals surface area contributed by atoms with Gasteiger partial charge in [0.15, 0.2) is 0 Å². The van der Waals surface area contributed by atoms with Crippen molar-refractivity contribution < 1.29 is 19.1 Å². The van der Waals surface area contributed by atoms with Crippen LogP contribution in [0.2, 0.25) is 0 Å². The summed E-state index contributed by atoms with van der Waals surface area (Å²) in [4.78, 5) is 23.8. The number of ether oxygens (including phenoxy) is 2. The predicted molar refractivity (Wildman–Crippen MR) is 82.7 cm³/mol. The Morgan fingerprint density at radius 3 is 2.45 bits per heavy atom. The molecule has 1 aromatic carbocycles. The van der Waals surface area contributed by atoms with Crippen LogP contribution in [0.25, 0.3) is 0 Å². The fraction of sp³-hybridized carbons (Fsp3) is 0.529. The van der Waals surface area contributed by atoms with Gasteiger partial charge < -0.3 is 14.8 Å². The zero-order valence-corrected chi connectivity index (χ0v) is 13.1. The largest absolute Gasteiger partial charge is 0.466 e. The molecule has 2 rings (SSSR count). The van der Waals surface area contributed by atoms with E-state index < -0.39 is 0 Å². The van der Waals surface area contributed by atoms with Gasteiger partial charge in [-0.2, -0.15) is 0 Å². The smallest absolute Gasteiger partial charge is 0.338 e. The summed E-state index contributed by atoms with van der Waals surface area (Å²) >= 11 is 0. The summed E-state index contributed by atoms with van der Waals surface area (Å²) in [6, 6.07) is 7.35. The van der Waals surface area contributed by atoms with Crippen molar-refractivity contribution >= 4 is 11.9 Å². The van der Waals surface area contributed by atoms with Crippen LogP contribution in [-0.4, -0.2) is 38.2 Å². The van der Waals surface area contributed by atoms with Gasteiger partial charge in [0, 0.05) is 6.54 Å². The van der Waals surface area contributed by atoms with Crippen molar-refractivity contribution in [1.29, 1.82) is 0 Å². The first kappa shape index (κ1) is 16.5. The minimum absolute atomic E-state index is 0.122. The maximum Gasteiger partial charge on any atom is 0.338 e. The van der Waals surface area contributed by atoms with Crippen LogP contribution >= 0.6 is 0 Å². The molecule has 0 aromatic heterocycles. The Labute approximate surface area is 131 Å². The highest BCUT2D eigenvalue weighted by Crippen LogP contribution is 2.31. The lowest BCUT2D eigenvalue weighted by molar-refractivity contribution is -0.149. The lowest BCUT2D eigenvalue weighted by Crippen LogP contribution is -2.40. The molecule has 1 aliphatic heterocycles. The van der Waals surface area contributed by atoms with Crippen LogP contribution in [0, 0.1) is 5.92 Å². The van der Waals surface area contributed by atoms with E-state index >= 15 is 0 Å². The molecular weight excluding hydrogens is 282 g/mol. The van der Waals surface area contributed by atoms with E-state index in [4.69, 9.17) is 9.47 Å². The van der Waals surface area contributed by atoms with Gasteiger partial charge in [0.2, 0.25) is 0 Å². The number of carbonyl (C=O) groups excluding carboxylic acids is 2. The molecule has 1 fully saturated rings. The second-order valence-electron chi connectivity index (χ2n) is 5.30. The highest BCUT2D eigenvalue weighted by Gasteiger charge is 2.33. The third kappa shape index (κ3) is 3.85. The van der Waals surface area contributed by atoms with E-state index in [2.05, 4.69) is 5.32 Å². The van der Waals surface area contributed by atoms with Crippen molar-refractivity contribution in [2.24, 2.45) is 5.92 Å². The number of esters is 2. The van der Waals surface area contributed by atoms with Gasteiger partial charge in [-0.05, 0) is 50.4 Å². The summed E-state index contributed by atoms with van der Waals surface area (Å²) in [6.07, 6.45) is 0.877. The van der Waals surface area contributed by atoms with Gasteiger partial charge in [-0.3, -0.25) is 4.79 Å². The molecule has 0 radical (unpaired) electrons. The first-order valence-electron chi connectivity index (χ1n) is 7.81. The van der Waals surface area contributed by atoms with Crippen LogP contribution in [0.1, 0.15) is 42.1 Å². The molecule has 0 bridgehead atoms. The summed E-state index contributed by atoms with van der Waals surface area (Å²) in [6.45, 7) is 5.86. The molecule has 1 N–H and O–H groups in total. The summed E-state index contributed by atoms with van der Waals surface area (Å²) < 4.78 is 10.2. The average molecular weight is 305 g/mol. The van der Waals surface area contributed by atoms with E-state index in [0.29, 0.717) is 25.3 Å². The van der Waals surface area contributed by atoms with Gasteiger partial charge in [-0.15, -0.1) is 0 Å². The van der Waals surface area contributed by atoms with Gasteiger partial charge in [0.1, 0.15) is 0 Å². The third-order valence-electron chi connectivity index (χ3n) is 3.92. The van der Waals surface area contributed by atoms with Gasteiger partial charge in [-0.25, -0.2) is 4.79 Å². The zero-order valence-electron chi connectivity index (χ0n) is 13.1. The molecule has 5 nitrogen and oxygen atoms in total. The maximum atomic E-state index is 12.1. The Bertz CT molecular complexity index is 512. The molecule has 1 heterocycles. The van der Waals surface area contributed by atoms with Gasteiger partial charge >= 0.3 is 11.9 Å². The van der Waals surface area contributed by atoms with Crippen molar-refractivity contribution in [3.63, 3.8) is 0 Å². The topological polar surface area (TPSA) is 64.6 Å². The molecule has 2 atom stereocenters. The SMILES string of the molecule is CCOC(=O)c1ccc(C2CCNC[C@H]2C(=O)OCC)cc1. The summed E-state index contributed by atoms with van der Waals surface area (Å²) in [5.74, 6) is -0.533. The lowest BCUT2D eigenvalue weighted by Gasteiger charge is -2.30. The predicted octanol–water partition coefficient (Wildman–Crippen LogP) is 2.12. The highest BCUT2D eigenvalue weighted by atomic mass is 16.5. The minimum Gasteiger partial charge on any atom is -0.466 e. The molecule has 0 saturated carbocycles. The molecule has 1 unspecified atom stereocenters. The summed E-state index contributed by atoms with van der Waals surface area (Å²) in [7, 11) is 0. The molecule has 120 valence electrons.